The summed E-state index contributed by atoms with van der Waals surface area (Å²) in [6.07, 6.45) is 2.09. The Bertz CT molecular complexity index is 494. The van der Waals surface area contributed by atoms with E-state index in [9.17, 15) is 4.79 Å². The molecule has 3 N–H and O–H groups in total. The smallest absolute Gasteiger partial charge is 0.223 e. The number of amides is 1. The van der Waals surface area contributed by atoms with Gasteiger partial charge in [0.15, 0.2) is 5.96 Å². The van der Waals surface area contributed by atoms with Crippen molar-refractivity contribution in [3.8, 4) is 0 Å². The van der Waals surface area contributed by atoms with Crippen LogP contribution in [0, 0.1) is 12.8 Å². The Hall–Kier alpha value is -1.56. The van der Waals surface area contributed by atoms with Crippen LogP contribution >= 0.6 is 11.3 Å². The Morgan fingerprint density at radius 3 is 2.67 bits per heavy atom. The molecule has 1 aliphatic carbocycles. The number of hydrogen-bond acceptors (Lipinski definition) is 3. The van der Waals surface area contributed by atoms with Gasteiger partial charge in [0.25, 0.3) is 0 Å². The van der Waals surface area contributed by atoms with Crippen LogP contribution in [0.15, 0.2) is 17.1 Å². The van der Waals surface area contributed by atoms with Crippen LogP contribution in [0.3, 0.4) is 0 Å². The summed E-state index contributed by atoms with van der Waals surface area (Å²) in [5.74, 6) is 1.26. The van der Waals surface area contributed by atoms with E-state index in [4.69, 9.17) is 0 Å². The van der Waals surface area contributed by atoms with Gasteiger partial charge in [-0.05, 0) is 38.8 Å². The van der Waals surface area contributed by atoms with E-state index < -0.39 is 0 Å². The summed E-state index contributed by atoms with van der Waals surface area (Å²) in [5, 5.41) is 9.39. The number of thiophene rings is 1. The minimum absolute atomic E-state index is 0.188. The van der Waals surface area contributed by atoms with Crippen LogP contribution in [0.5, 0.6) is 0 Å². The molecule has 0 aromatic carbocycles. The molecule has 0 atom stereocenters. The lowest BCUT2D eigenvalue weighted by Crippen LogP contribution is -2.41. The number of carbonyl (C=O) groups is 1. The zero-order valence-corrected chi connectivity index (χ0v) is 13.6. The van der Waals surface area contributed by atoms with E-state index in [0.717, 1.165) is 25.3 Å². The van der Waals surface area contributed by atoms with E-state index in [2.05, 4.69) is 40.0 Å². The van der Waals surface area contributed by atoms with Crippen LogP contribution in [-0.4, -0.2) is 31.5 Å². The van der Waals surface area contributed by atoms with Crippen molar-refractivity contribution in [2.75, 3.05) is 19.6 Å². The van der Waals surface area contributed by atoms with Crippen molar-refractivity contribution in [2.45, 2.75) is 33.2 Å². The van der Waals surface area contributed by atoms with Crippen LogP contribution in [0.2, 0.25) is 0 Å². The molecule has 1 saturated carbocycles. The molecule has 2 rings (SSSR count). The summed E-state index contributed by atoms with van der Waals surface area (Å²) in [4.78, 5) is 18.6. The van der Waals surface area contributed by atoms with Gasteiger partial charge in [-0.3, -0.25) is 4.79 Å². The molecule has 1 aromatic heterocycles. The molecule has 5 nitrogen and oxygen atoms in total. The van der Waals surface area contributed by atoms with Crippen LogP contribution in [0.1, 0.15) is 29.5 Å². The molecule has 0 unspecified atom stereocenters. The predicted octanol–water partition coefficient (Wildman–Crippen LogP) is 1.64. The molecule has 1 aliphatic rings. The first-order chi connectivity index (χ1) is 10.2. The predicted molar refractivity (Wildman–Crippen MR) is 87.6 cm³/mol. The summed E-state index contributed by atoms with van der Waals surface area (Å²) >= 11 is 1.77. The summed E-state index contributed by atoms with van der Waals surface area (Å²) in [6.45, 7) is 6.98. The quantitative estimate of drug-likeness (QED) is 0.407. The van der Waals surface area contributed by atoms with Crippen LogP contribution in [-0.2, 0) is 11.3 Å². The largest absolute Gasteiger partial charge is 0.357 e. The first kappa shape index (κ1) is 15.8. The summed E-state index contributed by atoms with van der Waals surface area (Å²) in [6, 6.07) is 4.23. The molecule has 1 amide bonds. The highest BCUT2D eigenvalue weighted by molar-refractivity contribution is 7.11. The van der Waals surface area contributed by atoms with E-state index >= 15 is 0 Å². The van der Waals surface area contributed by atoms with Crippen LogP contribution < -0.4 is 16.0 Å². The Morgan fingerprint density at radius 1 is 1.29 bits per heavy atom. The van der Waals surface area contributed by atoms with Crippen molar-refractivity contribution in [1.29, 1.82) is 0 Å². The van der Waals surface area contributed by atoms with E-state index in [0.29, 0.717) is 19.6 Å². The SMILES string of the molecule is CCNC(=NCc1ccc(C)s1)NCCNC(=O)C1CC1. The average Bonchev–Trinajstić information content (AvgIpc) is 3.24. The highest BCUT2D eigenvalue weighted by atomic mass is 32.1. The number of aryl methyl sites for hydroxylation is 1. The van der Waals surface area contributed by atoms with Crippen molar-refractivity contribution in [3.63, 3.8) is 0 Å². The zero-order valence-electron chi connectivity index (χ0n) is 12.7. The summed E-state index contributed by atoms with van der Waals surface area (Å²) in [5.41, 5.74) is 0. The van der Waals surface area contributed by atoms with Crippen LogP contribution in [0.4, 0.5) is 0 Å². The van der Waals surface area contributed by atoms with Crippen molar-refractivity contribution >= 4 is 23.2 Å². The number of aliphatic imine (C=N–C) groups is 1. The molecule has 0 saturated heterocycles. The molecule has 21 heavy (non-hydrogen) atoms. The molecule has 116 valence electrons. The molecule has 0 bridgehead atoms. The summed E-state index contributed by atoms with van der Waals surface area (Å²) in [7, 11) is 0. The lowest BCUT2D eigenvalue weighted by molar-refractivity contribution is -0.122. The summed E-state index contributed by atoms with van der Waals surface area (Å²) < 4.78 is 0. The fourth-order valence-corrected chi connectivity index (χ4v) is 2.74. The van der Waals surface area contributed by atoms with Gasteiger partial charge in [-0.25, -0.2) is 4.99 Å². The Labute approximate surface area is 130 Å². The lowest BCUT2D eigenvalue weighted by Gasteiger charge is -2.11. The van der Waals surface area contributed by atoms with Gasteiger partial charge in [-0.15, -0.1) is 11.3 Å². The van der Waals surface area contributed by atoms with Gasteiger partial charge in [0.1, 0.15) is 0 Å². The van der Waals surface area contributed by atoms with Gasteiger partial charge < -0.3 is 16.0 Å². The maximum atomic E-state index is 11.5. The monoisotopic (exact) mass is 308 g/mol. The third-order valence-corrected chi connectivity index (χ3v) is 4.18. The number of guanidine groups is 1. The van der Waals surface area contributed by atoms with E-state index in [-0.39, 0.29) is 11.8 Å². The minimum Gasteiger partial charge on any atom is -0.357 e. The van der Waals surface area contributed by atoms with Crippen molar-refractivity contribution < 1.29 is 4.79 Å². The van der Waals surface area contributed by atoms with Crippen LogP contribution in [0.25, 0.3) is 0 Å². The molecule has 0 radical (unpaired) electrons. The Balaban J connectivity index is 1.71. The maximum absolute atomic E-state index is 11.5. The van der Waals surface area contributed by atoms with E-state index in [1.54, 1.807) is 11.3 Å². The second kappa shape index (κ2) is 8.02. The van der Waals surface area contributed by atoms with Crippen molar-refractivity contribution in [1.82, 2.24) is 16.0 Å². The molecular formula is C15H24N4OS. The van der Waals surface area contributed by atoms with Gasteiger partial charge in [0, 0.05) is 35.3 Å². The number of rotatable bonds is 7. The fraction of sp³-hybridized carbons (Fsp3) is 0.600. The van der Waals surface area contributed by atoms with E-state index in [1.165, 1.54) is 9.75 Å². The lowest BCUT2D eigenvalue weighted by atomic mass is 10.4. The average molecular weight is 308 g/mol. The number of hydrogen-bond donors (Lipinski definition) is 3. The molecule has 1 fully saturated rings. The highest BCUT2D eigenvalue weighted by Crippen LogP contribution is 2.28. The Morgan fingerprint density at radius 2 is 2.05 bits per heavy atom. The van der Waals surface area contributed by atoms with Gasteiger partial charge in [-0.1, -0.05) is 0 Å². The fourth-order valence-electron chi connectivity index (χ4n) is 1.93. The van der Waals surface area contributed by atoms with E-state index in [1.807, 2.05) is 6.92 Å². The number of nitrogens with one attached hydrogen (secondary N) is 3. The molecule has 6 heteroatoms. The zero-order chi connectivity index (χ0) is 15.1. The van der Waals surface area contributed by atoms with Gasteiger partial charge in [0.2, 0.25) is 5.91 Å². The number of nitrogens with zero attached hydrogens (tertiary/aromatic N) is 1. The Kier molecular flexibility index (Phi) is 6.04. The minimum atomic E-state index is 0.188. The maximum Gasteiger partial charge on any atom is 0.223 e. The third-order valence-electron chi connectivity index (χ3n) is 3.20. The number of carbonyl (C=O) groups excluding carboxylic acids is 1. The topological polar surface area (TPSA) is 65.5 Å². The normalized spacial score (nSPS) is 14.9. The van der Waals surface area contributed by atoms with Gasteiger partial charge >= 0.3 is 0 Å². The standard InChI is InChI=1S/C15H24N4OS/c1-3-16-15(19-10-13-7-4-11(2)21-13)18-9-8-17-14(20)12-5-6-12/h4,7,12H,3,5-6,8-10H2,1-2H3,(H,17,20)(H2,16,18,19). The first-order valence-electron chi connectivity index (χ1n) is 7.54. The van der Waals surface area contributed by atoms with Crippen molar-refractivity contribution in [3.05, 3.63) is 21.9 Å². The van der Waals surface area contributed by atoms with Crippen molar-refractivity contribution in [2.24, 2.45) is 10.9 Å². The third kappa shape index (κ3) is 5.75. The first-order valence-corrected chi connectivity index (χ1v) is 8.36. The van der Waals surface area contributed by atoms with Gasteiger partial charge in [0.05, 0.1) is 6.54 Å². The molecule has 0 aliphatic heterocycles. The molecular weight excluding hydrogens is 284 g/mol. The van der Waals surface area contributed by atoms with Gasteiger partial charge in [-0.2, -0.15) is 0 Å². The molecule has 1 heterocycles. The second-order valence-electron chi connectivity index (χ2n) is 5.20. The molecule has 1 aromatic rings. The molecule has 0 spiro atoms. The highest BCUT2D eigenvalue weighted by Gasteiger charge is 2.28. The second-order valence-corrected chi connectivity index (χ2v) is 6.57.